The van der Waals surface area contributed by atoms with Crippen molar-refractivity contribution in [3.05, 3.63) is 30.3 Å². The monoisotopic (exact) mass is 367 g/mol. The van der Waals surface area contributed by atoms with Crippen LogP contribution < -0.4 is 16.0 Å². The Bertz CT molecular complexity index is 607. The molecule has 1 rings (SSSR count). The molecule has 0 aliphatic rings. The van der Waals surface area contributed by atoms with Gasteiger partial charge in [0.2, 0.25) is 5.91 Å². The van der Waals surface area contributed by atoms with Crippen LogP contribution in [0.1, 0.15) is 20.8 Å². The van der Waals surface area contributed by atoms with Gasteiger partial charge in [0.25, 0.3) is 5.91 Å². The predicted molar refractivity (Wildman–Crippen MR) is 99.6 cm³/mol. The van der Waals surface area contributed by atoms with Gasteiger partial charge in [-0.3, -0.25) is 14.5 Å². The second kappa shape index (κ2) is 9.43. The van der Waals surface area contributed by atoms with Crippen molar-refractivity contribution in [3.63, 3.8) is 0 Å². The summed E-state index contributed by atoms with van der Waals surface area (Å²) in [5.74, 6) is -2.49. The number of hydrogen-bond acceptors (Lipinski definition) is 5. The zero-order chi connectivity index (χ0) is 19.1. The summed E-state index contributed by atoms with van der Waals surface area (Å²) in [4.78, 5) is 37.9. The van der Waals surface area contributed by atoms with E-state index in [0.717, 1.165) is 0 Å². The summed E-state index contributed by atoms with van der Waals surface area (Å²) in [6.45, 7) is 4.94. The maximum Gasteiger partial charge on any atom is 0.327 e. The third kappa shape index (κ3) is 5.47. The normalized spacial score (nSPS) is 14.5. The third-order valence-corrected chi connectivity index (χ3v) is 4.01. The first-order chi connectivity index (χ1) is 11.7. The van der Waals surface area contributed by atoms with Gasteiger partial charge in [0.05, 0.1) is 6.04 Å². The first kappa shape index (κ1) is 21.0. The number of anilines is 1. The fraction of sp³-hybridized carbons (Fsp3) is 0.471. The third-order valence-electron chi connectivity index (χ3n) is 3.65. The van der Waals surface area contributed by atoms with Gasteiger partial charge in [-0.1, -0.05) is 32.0 Å². The highest BCUT2D eigenvalue weighted by Crippen LogP contribution is 2.23. The van der Waals surface area contributed by atoms with E-state index in [2.05, 4.69) is 17.9 Å². The number of nitrogens with two attached hydrogens (primary N) is 1. The van der Waals surface area contributed by atoms with Crippen molar-refractivity contribution < 1.29 is 19.5 Å². The Morgan fingerprint density at radius 1 is 1.20 bits per heavy atom. The molecular formula is C17H25N3O4S. The molecule has 0 fully saturated rings. The van der Waals surface area contributed by atoms with E-state index in [-0.39, 0.29) is 11.7 Å². The largest absolute Gasteiger partial charge is 0.480 e. The lowest BCUT2D eigenvalue weighted by atomic mass is 10.0. The molecule has 138 valence electrons. The minimum absolute atomic E-state index is 0.0189. The van der Waals surface area contributed by atoms with Crippen LogP contribution >= 0.6 is 12.6 Å². The van der Waals surface area contributed by atoms with Gasteiger partial charge in [0.1, 0.15) is 12.1 Å². The van der Waals surface area contributed by atoms with E-state index in [4.69, 9.17) is 5.73 Å². The van der Waals surface area contributed by atoms with Gasteiger partial charge in [0, 0.05) is 11.4 Å². The van der Waals surface area contributed by atoms with Crippen LogP contribution in [0.2, 0.25) is 0 Å². The van der Waals surface area contributed by atoms with Crippen LogP contribution in [-0.4, -0.2) is 46.8 Å². The van der Waals surface area contributed by atoms with Crippen molar-refractivity contribution in [3.8, 4) is 0 Å². The Balaban J connectivity index is 3.28. The average Bonchev–Trinajstić information content (AvgIpc) is 2.56. The Morgan fingerprint density at radius 2 is 1.76 bits per heavy atom. The molecule has 0 saturated carbocycles. The Labute approximate surface area is 153 Å². The van der Waals surface area contributed by atoms with Crippen LogP contribution in [-0.2, 0) is 14.4 Å². The average molecular weight is 367 g/mol. The molecule has 0 heterocycles. The van der Waals surface area contributed by atoms with E-state index in [1.807, 2.05) is 0 Å². The van der Waals surface area contributed by atoms with E-state index in [9.17, 15) is 19.5 Å². The van der Waals surface area contributed by atoms with Gasteiger partial charge in [0.15, 0.2) is 0 Å². The van der Waals surface area contributed by atoms with Gasteiger partial charge in [-0.25, -0.2) is 4.79 Å². The van der Waals surface area contributed by atoms with Crippen molar-refractivity contribution in [2.45, 2.75) is 38.9 Å². The highest BCUT2D eigenvalue weighted by Gasteiger charge is 2.37. The van der Waals surface area contributed by atoms with Gasteiger partial charge in [-0.15, -0.1) is 0 Å². The number of hydrogen-bond donors (Lipinski definition) is 4. The number of nitrogens with one attached hydrogen (secondary N) is 1. The maximum atomic E-state index is 13.0. The summed E-state index contributed by atoms with van der Waals surface area (Å²) in [6, 6.07) is 5.65. The van der Waals surface area contributed by atoms with Gasteiger partial charge in [-0.05, 0) is 25.0 Å². The number of aliphatic carboxylic acids is 1. The summed E-state index contributed by atoms with van der Waals surface area (Å²) in [6.07, 6.45) is 0. The fourth-order valence-corrected chi connectivity index (χ4v) is 2.61. The molecule has 0 aromatic heterocycles. The van der Waals surface area contributed by atoms with Gasteiger partial charge in [-0.2, -0.15) is 12.6 Å². The fourth-order valence-electron chi connectivity index (χ4n) is 2.36. The van der Waals surface area contributed by atoms with Crippen LogP contribution in [0.15, 0.2) is 30.3 Å². The van der Waals surface area contributed by atoms with Gasteiger partial charge >= 0.3 is 5.97 Å². The Hall–Kier alpha value is -2.06. The zero-order valence-corrected chi connectivity index (χ0v) is 15.4. The topological polar surface area (TPSA) is 113 Å². The van der Waals surface area contributed by atoms with E-state index in [0.29, 0.717) is 5.69 Å². The minimum Gasteiger partial charge on any atom is -0.480 e. The standard InChI is InChI=1S/C17H25N3O4S/c1-10(2)14(17(23)24)20(12-7-5-4-6-8-12)16(22)13(9-25)19-15(21)11(3)18/h4-8,10-11,13-14,25H,9,18H2,1-3H3,(H,19,21)(H,23,24)/t11-,13-,14+/m0/s1. The van der Waals surface area contributed by atoms with Crippen LogP contribution in [0.25, 0.3) is 0 Å². The van der Waals surface area contributed by atoms with E-state index < -0.39 is 35.9 Å². The van der Waals surface area contributed by atoms with Crippen LogP contribution in [0.4, 0.5) is 5.69 Å². The van der Waals surface area contributed by atoms with E-state index >= 15 is 0 Å². The lowest BCUT2D eigenvalue weighted by Crippen LogP contribution is -2.58. The van der Waals surface area contributed by atoms with E-state index in [1.165, 1.54) is 11.8 Å². The molecule has 3 atom stereocenters. The number of benzene rings is 1. The number of carboxylic acids is 1. The van der Waals surface area contributed by atoms with Crippen molar-refractivity contribution in [2.75, 3.05) is 10.7 Å². The molecule has 0 aliphatic carbocycles. The lowest BCUT2D eigenvalue weighted by Gasteiger charge is -2.34. The predicted octanol–water partition coefficient (Wildman–Crippen LogP) is 0.891. The molecule has 0 unspecified atom stereocenters. The number of carbonyl (C=O) groups excluding carboxylic acids is 2. The van der Waals surface area contributed by atoms with Crippen molar-refractivity contribution in [1.29, 1.82) is 0 Å². The van der Waals surface area contributed by atoms with Gasteiger partial charge < -0.3 is 16.2 Å². The summed E-state index contributed by atoms with van der Waals surface area (Å²) in [5.41, 5.74) is 5.97. The molecule has 0 spiro atoms. The number of rotatable bonds is 8. The quantitative estimate of drug-likeness (QED) is 0.510. The molecular weight excluding hydrogens is 342 g/mol. The number of amides is 2. The van der Waals surface area contributed by atoms with Crippen molar-refractivity contribution >= 4 is 36.1 Å². The number of para-hydroxylation sites is 1. The first-order valence-corrected chi connectivity index (χ1v) is 8.61. The van der Waals surface area contributed by atoms with Crippen molar-refractivity contribution in [2.24, 2.45) is 11.7 Å². The minimum atomic E-state index is -1.12. The number of carboxylic acid groups (broad SMARTS) is 1. The molecule has 1 aromatic carbocycles. The molecule has 7 nitrogen and oxygen atoms in total. The molecule has 1 aromatic rings. The second-order valence-corrected chi connectivity index (χ2v) is 6.47. The zero-order valence-electron chi connectivity index (χ0n) is 14.5. The van der Waals surface area contributed by atoms with Crippen LogP contribution in [0, 0.1) is 5.92 Å². The van der Waals surface area contributed by atoms with Crippen LogP contribution in [0.5, 0.6) is 0 Å². The number of nitrogens with zero attached hydrogens (tertiary/aromatic N) is 1. The molecule has 0 radical (unpaired) electrons. The molecule has 2 amide bonds. The van der Waals surface area contributed by atoms with E-state index in [1.54, 1.807) is 44.2 Å². The highest BCUT2D eigenvalue weighted by atomic mass is 32.1. The molecule has 25 heavy (non-hydrogen) atoms. The molecule has 8 heteroatoms. The van der Waals surface area contributed by atoms with Crippen molar-refractivity contribution in [1.82, 2.24) is 5.32 Å². The summed E-state index contributed by atoms with van der Waals surface area (Å²) >= 11 is 4.13. The number of thiol groups is 1. The summed E-state index contributed by atoms with van der Waals surface area (Å²) in [5, 5.41) is 12.2. The molecule has 0 aliphatic heterocycles. The highest BCUT2D eigenvalue weighted by molar-refractivity contribution is 7.80. The maximum absolute atomic E-state index is 13.0. The smallest absolute Gasteiger partial charge is 0.327 e. The first-order valence-electron chi connectivity index (χ1n) is 7.98. The Morgan fingerprint density at radius 3 is 2.16 bits per heavy atom. The van der Waals surface area contributed by atoms with Crippen LogP contribution in [0.3, 0.4) is 0 Å². The summed E-state index contributed by atoms with van der Waals surface area (Å²) in [7, 11) is 0. The Kier molecular flexibility index (Phi) is 7.92. The molecule has 0 saturated heterocycles. The lowest BCUT2D eigenvalue weighted by molar-refractivity contribution is -0.141. The SMILES string of the molecule is CC(C)[C@H](C(=O)O)N(C(=O)[C@H](CS)NC(=O)[C@H](C)N)c1ccccc1. The molecule has 0 bridgehead atoms. The second-order valence-electron chi connectivity index (χ2n) is 6.10. The molecule has 4 N–H and O–H groups in total. The number of carbonyl (C=O) groups is 3. The summed E-state index contributed by atoms with van der Waals surface area (Å²) < 4.78 is 0.